The van der Waals surface area contributed by atoms with Crippen molar-refractivity contribution in [2.45, 2.75) is 0 Å². The zero-order valence-corrected chi connectivity index (χ0v) is 13.0. The minimum Gasteiger partial charge on any atom is -0.0991 e. The lowest BCUT2D eigenvalue weighted by atomic mass is 10.3. The van der Waals surface area contributed by atoms with Crippen molar-refractivity contribution in [3.63, 3.8) is 0 Å². The van der Waals surface area contributed by atoms with Crippen LogP contribution in [0.15, 0.2) is 135 Å². The van der Waals surface area contributed by atoms with E-state index in [-0.39, 0.29) is 0 Å². The van der Waals surface area contributed by atoms with E-state index in [1.807, 2.05) is 109 Å². The molecule has 0 amide bonds. The van der Waals surface area contributed by atoms with E-state index in [0.29, 0.717) is 0 Å². The molecule has 0 aliphatic heterocycles. The smallest absolute Gasteiger partial charge is 0.0623 e. The van der Waals surface area contributed by atoms with Gasteiger partial charge in [0, 0.05) is 0 Å². The van der Waals surface area contributed by atoms with Crippen molar-refractivity contribution < 1.29 is 0 Å². The standard InChI is InChI=1S/C22H24/c1-3-5-7-9-11-13-15-17-19-21-22-20-18-16-14-12-10-8-6-4-2/h3-22H,1-2H2/b7-5+,8-6+,11-9+,12-10+,15-13+,16-14+,19-17+,20-18+,22-21+. The van der Waals surface area contributed by atoms with Gasteiger partial charge in [0.05, 0.1) is 0 Å². The molecule has 0 heteroatoms. The second-order valence-electron chi connectivity index (χ2n) is 3.94. The van der Waals surface area contributed by atoms with Crippen molar-refractivity contribution in [2.24, 2.45) is 0 Å². The number of allylic oxidation sites excluding steroid dienone is 20. The molecule has 0 atom stereocenters. The van der Waals surface area contributed by atoms with Gasteiger partial charge in [0.1, 0.15) is 0 Å². The van der Waals surface area contributed by atoms with E-state index < -0.39 is 0 Å². The molecule has 0 N–H and O–H groups in total. The van der Waals surface area contributed by atoms with Crippen LogP contribution >= 0.6 is 0 Å². The van der Waals surface area contributed by atoms with Gasteiger partial charge in [0.15, 0.2) is 0 Å². The van der Waals surface area contributed by atoms with Crippen molar-refractivity contribution in [2.75, 3.05) is 0 Å². The fraction of sp³-hybridized carbons (Fsp3) is 0. The highest BCUT2D eigenvalue weighted by atomic mass is 13.7. The summed E-state index contributed by atoms with van der Waals surface area (Å²) in [7, 11) is 0. The van der Waals surface area contributed by atoms with Crippen molar-refractivity contribution in [3.8, 4) is 0 Å². The first-order chi connectivity index (χ1) is 10.9. The highest BCUT2D eigenvalue weighted by Crippen LogP contribution is 1.86. The Morgan fingerprint density at radius 2 is 0.364 bits per heavy atom. The van der Waals surface area contributed by atoms with Crippen LogP contribution in [0.3, 0.4) is 0 Å². The Balaban J connectivity index is 3.89. The zero-order chi connectivity index (χ0) is 16.1. The van der Waals surface area contributed by atoms with Crippen LogP contribution in [0.5, 0.6) is 0 Å². The molecule has 0 unspecified atom stereocenters. The molecule has 0 nitrogen and oxygen atoms in total. The Labute approximate surface area is 135 Å². The van der Waals surface area contributed by atoms with E-state index in [0.717, 1.165) is 0 Å². The van der Waals surface area contributed by atoms with Gasteiger partial charge in [-0.3, -0.25) is 0 Å². The van der Waals surface area contributed by atoms with E-state index in [4.69, 9.17) is 0 Å². The molecule has 112 valence electrons. The Morgan fingerprint density at radius 3 is 0.500 bits per heavy atom. The molecule has 0 spiro atoms. The largest absolute Gasteiger partial charge is 0.0991 e. The summed E-state index contributed by atoms with van der Waals surface area (Å²) in [6, 6.07) is 0. The van der Waals surface area contributed by atoms with Gasteiger partial charge in [0.2, 0.25) is 0 Å². The third kappa shape index (κ3) is 17.1. The SMILES string of the molecule is C=C/C=C/C=C/C=C/C=C/C=C/C=C/C=C/C=C/C=C/C=C. The number of rotatable bonds is 10. The zero-order valence-electron chi connectivity index (χ0n) is 13.0. The molecular weight excluding hydrogens is 264 g/mol. The van der Waals surface area contributed by atoms with Crippen LogP contribution in [0, 0.1) is 0 Å². The Kier molecular flexibility index (Phi) is 15.8. The summed E-state index contributed by atoms with van der Waals surface area (Å²) in [6.45, 7) is 7.20. The van der Waals surface area contributed by atoms with E-state index in [1.165, 1.54) is 0 Å². The molecule has 22 heavy (non-hydrogen) atoms. The molecule has 0 saturated heterocycles. The fourth-order valence-electron chi connectivity index (χ4n) is 1.18. The third-order valence-corrected chi connectivity index (χ3v) is 2.16. The van der Waals surface area contributed by atoms with Gasteiger partial charge in [-0.15, -0.1) is 0 Å². The molecule has 0 heterocycles. The normalized spacial score (nSPS) is 14.0. The Morgan fingerprint density at radius 1 is 0.227 bits per heavy atom. The Bertz CT molecular complexity index is 489. The summed E-state index contributed by atoms with van der Waals surface area (Å²) in [6.07, 6.45) is 38.8. The molecule has 0 bridgehead atoms. The minimum atomic E-state index is 1.75. The lowest BCUT2D eigenvalue weighted by Crippen LogP contribution is -1.54. The molecule has 0 saturated carbocycles. The molecule has 0 aliphatic rings. The Hall–Kier alpha value is -2.86. The predicted octanol–water partition coefficient (Wildman–Crippen LogP) is 6.36. The first-order valence-electron chi connectivity index (χ1n) is 7.15. The van der Waals surface area contributed by atoms with Crippen molar-refractivity contribution in [3.05, 3.63) is 135 Å². The number of hydrogen-bond donors (Lipinski definition) is 0. The quantitative estimate of drug-likeness (QED) is 0.410. The van der Waals surface area contributed by atoms with Crippen LogP contribution in [0.4, 0.5) is 0 Å². The highest BCUT2D eigenvalue weighted by molar-refractivity contribution is 5.22. The van der Waals surface area contributed by atoms with Crippen LogP contribution in [-0.4, -0.2) is 0 Å². The van der Waals surface area contributed by atoms with Crippen LogP contribution in [0.2, 0.25) is 0 Å². The monoisotopic (exact) mass is 288 g/mol. The average Bonchev–Trinajstić information content (AvgIpc) is 2.54. The van der Waals surface area contributed by atoms with Gasteiger partial charge >= 0.3 is 0 Å². The van der Waals surface area contributed by atoms with Crippen LogP contribution < -0.4 is 0 Å². The lowest BCUT2D eigenvalue weighted by Gasteiger charge is -1.75. The molecule has 0 rings (SSSR count). The summed E-state index contributed by atoms with van der Waals surface area (Å²) in [5.41, 5.74) is 0. The van der Waals surface area contributed by atoms with Gasteiger partial charge in [-0.2, -0.15) is 0 Å². The molecule has 0 radical (unpaired) electrons. The third-order valence-electron chi connectivity index (χ3n) is 2.16. The van der Waals surface area contributed by atoms with Crippen molar-refractivity contribution in [1.82, 2.24) is 0 Å². The predicted molar refractivity (Wildman–Crippen MR) is 103 cm³/mol. The van der Waals surface area contributed by atoms with E-state index in [9.17, 15) is 0 Å². The lowest BCUT2D eigenvalue weighted by molar-refractivity contribution is 1.82. The highest BCUT2D eigenvalue weighted by Gasteiger charge is 1.64. The summed E-state index contributed by atoms with van der Waals surface area (Å²) in [4.78, 5) is 0. The van der Waals surface area contributed by atoms with Gasteiger partial charge in [-0.05, 0) is 0 Å². The van der Waals surface area contributed by atoms with Gasteiger partial charge in [-0.25, -0.2) is 0 Å². The van der Waals surface area contributed by atoms with Gasteiger partial charge in [-0.1, -0.05) is 135 Å². The fourth-order valence-corrected chi connectivity index (χ4v) is 1.18. The molecule has 0 aromatic rings. The van der Waals surface area contributed by atoms with Crippen LogP contribution in [0.1, 0.15) is 0 Å². The summed E-state index contributed by atoms with van der Waals surface area (Å²) in [5.74, 6) is 0. The van der Waals surface area contributed by atoms with Crippen LogP contribution in [-0.2, 0) is 0 Å². The molecular formula is C22H24. The summed E-state index contributed by atoms with van der Waals surface area (Å²) in [5, 5.41) is 0. The molecule has 0 aromatic carbocycles. The molecule has 0 aliphatic carbocycles. The first kappa shape index (κ1) is 19.1. The summed E-state index contributed by atoms with van der Waals surface area (Å²) >= 11 is 0. The van der Waals surface area contributed by atoms with Gasteiger partial charge < -0.3 is 0 Å². The second-order valence-corrected chi connectivity index (χ2v) is 3.94. The van der Waals surface area contributed by atoms with Gasteiger partial charge in [0.25, 0.3) is 0 Å². The van der Waals surface area contributed by atoms with E-state index in [1.54, 1.807) is 12.2 Å². The minimum absolute atomic E-state index is 1.75. The maximum absolute atomic E-state index is 3.60. The van der Waals surface area contributed by atoms with Crippen molar-refractivity contribution >= 4 is 0 Å². The second kappa shape index (κ2) is 18.1. The maximum atomic E-state index is 3.60. The maximum Gasteiger partial charge on any atom is -0.0623 e. The van der Waals surface area contributed by atoms with Crippen molar-refractivity contribution in [1.29, 1.82) is 0 Å². The first-order valence-corrected chi connectivity index (χ1v) is 7.15. The topological polar surface area (TPSA) is 0 Å². The summed E-state index contributed by atoms with van der Waals surface area (Å²) < 4.78 is 0. The number of hydrogen-bond acceptors (Lipinski definition) is 0. The molecule has 0 aromatic heterocycles. The van der Waals surface area contributed by atoms with Crippen LogP contribution in [0.25, 0.3) is 0 Å². The average molecular weight is 288 g/mol. The van der Waals surface area contributed by atoms with E-state index >= 15 is 0 Å². The van der Waals surface area contributed by atoms with E-state index in [2.05, 4.69) is 13.2 Å². The molecule has 0 fully saturated rings.